The van der Waals surface area contributed by atoms with Crippen LogP contribution in [0.15, 0.2) is 0 Å². The van der Waals surface area contributed by atoms with E-state index in [2.05, 4.69) is 9.47 Å². The fourth-order valence-corrected chi connectivity index (χ4v) is 0.636. The van der Waals surface area contributed by atoms with E-state index in [9.17, 15) is 9.59 Å². The predicted molar refractivity (Wildman–Crippen MR) is 51.0 cm³/mol. The van der Waals surface area contributed by atoms with E-state index in [1.165, 1.54) is 13.8 Å². The first-order valence-corrected chi connectivity index (χ1v) is 3.89. The molecule has 0 atom stereocenters. The minimum atomic E-state index is -0.275. The van der Waals surface area contributed by atoms with Crippen molar-refractivity contribution in [3.05, 3.63) is 0 Å². The van der Waals surface area contributed by atoms with Gasteiger partial charge in [-0.2, -0.15) is 0 Å². The van der Waals surface area contributed by atoms with Gasteiger partial charge in [-0.15, -0.1) is 0 Å². The Hall–Kier alpha value is 0.200. The number of carbonyl (C=O) groups is 2. The summed E-state index contributed by atoms with van der Waals surface area (Å²) in [5.41, 5.74) is 0. The van der Waals surface area contributed by atoms with Crippen LogP contribution in [0.2, 0.25) is 0 Å². The molecule has 74 valence electrons. The van der Waals surface area contributed by atoms with Crippen molar-refractivity contribution in [2.24, 2.45) is 0 Å². The summed E-state index contributed by atoms with van der Waals surface area (Å²) in [5.74, 6) is -0.551. The quantitative estimate of drug-likeness (QED) is 0.368. The van der Waals surface area contributed by atoms with Crippen molar-refractivity contribution >= 4 is 49.7 Å². The van der Waals surface area contributed by atoms with Crippen molar-refractivity contribution in [1.82, 2.24) is 0 Å². The summed E-state index contributed by atoms with van der Waals surface area (Å²) in [6.07, 6.45) is 1.46. The van der Waals surface area contributed by atoms with Crippen molar-refractivity contribution < 1.29 is 19.1 Å². The minimum absolute atomic E-state index is 0. The van der Waals surface area contributed by atoms with E-state index in [1.54, 1.807) is 0 Å². The second-order valence-corrected chi connectivity index (χ2v) is 2.39. The van der Waals surface area contributed by atoms with Crippen LogP contribution < -0.4 is 0 Å². The predicted octanol–water partition coefficient (Wildman–Crippen LogP) is -0.0234. The molecule has 0 saturated carbocycles. The third kappa shape index (κ3) is 15.0. The zero-order valence-electron chi connectivity index (χ0n) is 7.46. The number of rotatable bonds is 5. The summed E-state index contributed by atoms with van der Waals surface area (Å²) in [6, 6.07) is 0. The number of esters is 2. The molecule has 0 amide bonds. The van der Waals surface area contributed by atoms with E-state index in [0.29, 0.717) is 13.2 Å². The van der Waals surface area contributed by atoms with Crippen LogP contribution in [0.4, 0.5) is 0 Å². The number of carbonyl (C=O) groups excluding carboxylic acids is 2. The van der Waals surface area contributed by atoms with Crippen molar-refractivity contribution in [3.8, 4) is 0 Å². The molecule has 0 fully saturated rings. The van der Waals surface area contributed by atoms with Gasteiger partial charge in [-0.1, -0.05) is 0 Å². The van der Waals surface area contributed by atoms with E-state index in [4.69, 9.17) is 0 Å². The molecule has 0 aromatic carbocycles. The number of ether oxygens (including phenoxy) is 2. The van der Waals surface area contributed by atoms with Crippen molar-refractivity contribution in [2.45, 2.75) is 26.7 Å². The van der Waals surface area contributed by atoms with Crippen molar-refractivity contribution in [1.29, 1.82) is 0 Å². The monoisotopic (exact) mass is 216 g/mol. The Bertz CT molecular complexity index is 140. The second kappa shape index (κ2) is 10.3. The van der Waals surface area contributed by atoms with Crippen LogP contribution in [0, 0.1) is 0 Å². The van der Waals surface area contributed by atoms with Gasteiger partial charge in [-0.05, 0) is 12.8 Å². The Labute approximate surface area is 108 Å². The number of hydrogen-bond donors (Lipinski definition) is 0. The molecule has 13 heavy (non-hydrogen) atoms. The van der Waals surface area contributed by atoms with Crippen molar-refractivity contribution in [2.75, 3.05) is 13.2 Å². The fraction of sp³-hybridized carbons (Fsp3) is 0.750. The molecule has 0 radical (unpaired) electrons. The molecule has 0 aliphatic carbocycles. The van der Waals surface area contributed by atoms with E-state index < -0.39 is 0 Å². The Kier molecular flexibility index (Phi) is 12.4. The molecule has 0 aromatic rings. The molecule has 0 spiro atoms. The summed E-state index contributed by atoms with van der Waals surface area (Å²) in [7, 11) is 0. The Morgan fingerprint density at radius 3 is 1.46 bits per heavy atom. The van der Waals surface area contributed by atoms with Gasteiger partial charge in [0.15, 0.2) is 0 Å². The van der Waals surface area contributed by atoms with E-state index in [1.807, 2.05) is 0 Å². The van der Waals surface area contributed by atoms with Crippen LogP contribution in [0.25, 0.3) is 0 Å². The molecule has 0 aromatic heterocycles. The maximum absolute atomic E-state index is 10.3. The van der Waals surface area contributed by atoms with Crippen LogP contribution >= 0.6 is 0 Å². The normalized spacial score (nSPS) is 8.46. The van der Waals surface area contributed by atoms with Gasteiger partial charge in [0.2, 0.25) is 0 Å². The molecule has 4 nitrogen and oxygen atoms in total. The SMILES string of the molecule is CC(=O)OCCCCOC(C)=O.[CaH2]. The topological polar surface area (TPSA) is 52.6 Å². The van der Waals surface area contributed by atoms with E-state index in [0.717, 1.165) is 12.8 Å². The molecular formula is C8H16CaO4. The third-order valence-corrected chi connectivity index (χ3v) is 1.15. The summed E-state index contributed by atoms with van der Waals surface area (Å²) < 4.78 is 9.34. The Morgan fingerprint density at radius 2 is 1.23 bits per heavy atom. The zero-order valence-corrected chi connectivity index (χ0v) is 7.46. The van der Waals surface area contributed by atoms with E-state index in [-0.39, 0.29) is 49.7 Å². The number of unbranched alkanes of at least 4 members (excludes halogenated alkanes) is 1. The first kappa shape index (κ1) is 15.7. The first-order chi connectivity index (χ1) is 5.63. The molecule has 0 bridgehead atoms. The summed E-state index contributed by atoms with van der Waals surface area (Å²) >= 11 is 0. The molecular weight excluding hydrogens is 200 g/mol. The summed E-state index contributed by atoms with van der Waals surface area (Å²) in [5, 5.41) is 0. The standard InChI is InChI=1S/C8H14O4.Ca.2H/c1-7(9)11-5-3-4-6-12-8(2)10;;;/h3-6H2,1-2H3;;;. The Balaban J connectivity index is 0. The molecule has 0 aliphatic heterocycles. The molecule has 0 saturated heterocycles. The molecule has 0 unspecified atom stereocenters. The summed E-state index contributed by atoms with van der Waals surface area (Å²) in [6.45, 7) is 3.53. The van der Waals surface area contributed by atoms with Gasteiger partial charge in [0.1, 0.15) is 0 Å². The molecule has 0 N–H and O–H groups in total. The molecule has 0 aliphatic rings. The van der Waals surface area contributed by atoms with Gasteiger partial charge < -0.3 is 9.47 Å². The maximum atomic E-state index is 10.3. The van der Waals surface area contributed by atoms with Gasteiger partial charge in [0, 0.05) is 13.8 Å². The molecule has 0 rings (SSSR count). The van der Waals surface area contributed by atoms with Gasteiger partial charge in [0.25, 0.3) is 0 Å². The molecule has 0 heterocycles. The van der Waals surface area contributed by atoms with Gasteiger partial charge in [-0.25, -0.2) is 0 Å². The first-order valence-electron chi connectivity index (χ1n) is 3.89. The van der Waals surface area contributed by atoms with Gasteiger partial charge in [0.05, 0.1) is 13.2 Å². The van der Waals surface area contributed by atoms with Crippen molar-refractivity contribution in [3.63, 3.8) is 0 Å². The van der Waals surface area contributed by atoms with Crippen LogP contribution in [0.1, 0.15) is 26.7 Å². The van der Waals surface area contributed by atoms with Gasteiger partial charge in [-0.3, -0.25) is 9.59 Å². The van der Waals surface area contributed by atoms with Crippen LogP contribution in [-0.4, -0.2) is 62.9 Å². The second-order valence-electron chi connectivity index (χ2n) is 2.39. The van der Waals surface area contributed by atoms with Crippen LogP contribution in [0.3, 0.4) is 0 Å². The fourth-order valence-electron chi connectivity index (χ4n) is 0.636. The van der Waals surface area contributed by atoms with Gasteiger partial charge >= 0.3 is 49.7 Å². The van der Waals surface area contributed by atoms with Crippen LogP contribution in [-0.2, 0) is 19.1 Å². The third-order valence-electron chi connectivity index (χ3n) is 1.15. The zero-order chi connectivity index (χ0) is 9.40. The van der Waals surface area contributed by atoms with Crippen LogP contribution in [0.5, 0.6) is 0 Å². The number of hydrogen-bond acceptors (Lipinski definition) is 4. The summed E-state index contributed by atoms with van der Waals surface area (Å²) in [4.78, 5) is 20.6. The molecule has 5 heteroatoms. The Morgan fingerprint density at radius 1 is 0.923 bits per heavy atom. The average Bonchev–Trinajstić information content (AvgIpc) is 1.95. The van der Waals surface area contributed by atoms with E-state index >= 15 is 0 Å². The average molecular weight is 216 g/mol.